The van der Waals surface area contributed by atoms with Crippen molar-refractivity contribution in [3.63, 3.8) is 0 Å². The zero-order valence-corrected chi connectivity index (χ0v) is 10.2. The van der Waals surface area contributed by atoms with E-state index in [0.29, 0.717) is 11.6 Å². The monoisotopic (exact) mass is 256 g/mol. The van der Waals surface area contributed by atoms with Crippen LogP contribution in [0.2, 0.25) is 0 Å². The van der Waals surface area contributed by atoms with Crippen LogP contribution in [0.25, 0.3) is 0 Å². The molecule has 1 atom stereocenters. The zero-order valence-electron chi connectivity index (χ0n) is 10.2. The van der Waals surface area contributed by atoms with E-state index in [9.17, 15) is 15.2 Å². The topological polar surface area (TPSA) is 110 Å². The molecule has 1 aromatic rings. The summed E-state index contributed by atoms with van der Waals surface area (Å²) in [5.41, 5.74) is -0.0712. The van der Waals surface area contributed by atoms with Gasteiger partial charge in [0.2, 0.25) is 0 Å². The van der Waals surface area contributed by atoms with Gasteiger partial charge in [-0.1, -0.05) is 0 Å². The third-order valence-corrected chi connectivity index (χ3v) is 2.15. The summed E-state index contributed by atoms with van der Waals surface area (Å²) in [6.07, 6.45) is -0.700. The van der Waals surface area contributed by atoms with E-state index in [1.54, 1.807) is 7.05 Å². The molecule has 0 aliphatic heterocycles. The Kier molecular flexibility index (Phi) is 5.28. The summed E-state index contributed by atoms with van der Waals surface area (Å²) in [4.78, 5) is 14.3. The summed E-state index contributed by atoms with van der Waals surface area (Å²) in [7, 11) is 3.10. The summed E-state index contributed by atoms with van der Waals surface area (Å²) in [5.74, 6) is 0.705. The standard InChI is InChI=1S/C10H16N4O4/c1-11-9-3-7(14(16)17)4-10(13-9)12-5-8(15)6-18-2/h3-4,8,15H,5-6H2,1-2H3,(H2,11,12,13). The van der Waals surface area contributed by atoms with Crippen molar-refractivity contribution in [1.29, 1.82) is 0 Å². The smallest absolute Gasteiger partial charge is 0.276 e. The van der Waals surface area contributed by atoms with E-state index in [4.69, 9.17) is 4.74 Å². The number of anilines is 2. The first kappa shape index (κ1) is 14.1. The fourth-order valence-electron chi connectivity index (χ4n) is 1.31. The SMILES string of the molecule is CNc1cc([N+](=O)[O-])cc(NCC(O)COC)n1. The second-order valence-corrected chi connectivity index (χ2v) is 3.59. The van der Waals surface area contributed by atoms with Crippen LogP contribution >= 0.6 is 0 Å². The highest BCUT2D eigenvalue weighted by atomic mass is 16.6. The molecule has 0 spiro atoms. The molecule has 0 aliphatic carbocycles. The van der Waals surface area contributed by atoms with Gasteiger partial charge in [0, 0.05) is 20.7 Å². The maximum atomic E-state index is 10.7. The lowest BCUT2D eigenvalue weighted by Crippen LogP contribution is -2.24. The van der Waals surface area contributed by atoms with E-state index < -0.39 is 11.0 Å². The van der Waals surface area contributed by atoms with Crippen LogP contribution in [0.3, 0.4) is 0 Å². The molecule has 8 heteroatoms. The second kappa shape index (κ2) is 6.72. The summed E-state index contributed by atoms with van der Waals surface area (Å²) >= 11 is 0. The highest BCUT2D eigenvalue weighted by Gasteiger charge is 2.11. The first-order valence-electron chi connectivity index (χ1n) is 5.32. The molecule has 0 aromatic carbocycles. The van der Waals surface area contributed by atoms with E-state index in [0.717, 1.165) is 0 Å². The van der Waals surface area contributed by atoms with Crippen LogP contribution in [-0.2, 0) is 4.74 Å². The molecule has 0 fully saturated rings. The van der Waals surface area contributed by atoms with Crippen molar-refractivity contribution < 1.29 is 14.8 Å². The minimum absolute atomic E-state index is 0.0712. The average molecular weight is 256 g/mol. The number of aliphatic hydroxyl groups excluding tert-OH is 1. The van der Waals surface area contributed by atoms with Crippen LogP contribution in [0.15, 0.2) is 12.1 Å². The number of rotatable bonds is 7. The Morgan fingerprint density at radius 1 is 1.56 bits per heavy atom. The first-order valence-corrected chi connectivity index (χ1v) is 5.32. The Balaban J connectivity index is 2.75. The van der Waals surface area contributed by atoms with Gasteiger partial charge < -0.3 is 20.5 Å². The molecule has 1 heterocycles. The second-order valence-electron chi connectivity index (χ2n) is 3.59. The number of aromatic nitrogens is 1. The molecular formula is C10H16N4O4. The summed E-state index contributed by atoms with van der Waals surface area (Å²) < 4.78 is 4.77. The van der Waals surface area contributed by atoms with Gasteiger partial charge in [0.15, 0.2) is 0 Å². The minimum atomic E-state index is -0.700. The van der Waals surface area contributed by atoms with Crippen LogP contribution in [0.4, 0.5) is 17.3 Å². The van der Waals surface area contributed by atoms with Crippen LogP contribution < -0.4 is 10.6 Å². The Morgan fingerprint density at radius 3 is 2.78 bits per heavy atom. The van der Waals surface area contributed by atoms with Crippen LogP contribution in [0.5, 0.6) is 0 Å². The Bertz CT molecular complexity index is 413. The highest BCUT2D eigenvalue weighted by molar-refractivity contribution is 5.54. The van der Waals surface area contributed by atoms with E-state index in [2.05, 4.69) is 15.6 Å². The van der Waals surface area contributed by atoms with Crippen molar-refractivity contribution in [3.8, 4) is 0 Å². The lowest BCUT2D eigenvalue weighted by atomic mass is 10.3. The number of ether oxygens (including phenoxy) is 1. The molecule has 0 aliphatic rings. The van der Waals surface area contributed by atoms with E-state index in [1.807, 2.05) is 0 Å². The third kappa shape index (κ3) is 4.15. The van der Waals surface area contributed by atoms with Gasteiger partial charge in [-0.25, -0.2) is 4.98 Å². The van der Waals surface area contributed by atoms with Crippen molar-refractivity contribution in [3.05, 3.63) is 22.2 Å². The number of methoxy groups -OCH3 is 1. The van der Waals surface area contributed by atoms with Gasteiger partial charge in [-0.3, -0.25) is 10.1 Å². The fourth-order valence-corrected chi connectivity index (χ4v) is 1.31. The van der Waals surface area contributed by atoms with Gasteiger partial charge in [-0.15, -0.1) is 0 Å². The molecular weight excluding hydrogens is 240 g/mol. The fraction of sp³-hybridized carbons (Fsp3) is 0.500. The molecule has 100 valence electrons. The van der Waals surface area contributed by atoms with Crippen molar-refractivity contribution in [2.75, 3.05) is 37.9 Å². The minimum Gasteiger partial charge on any atom is -0.389 e. The molecule has 18 heavy (non-hydrogen) atoms. The van der Waals surface area contributed by atoms with Crippen LogP contribution in [0.1, 0.15) is 0 Å². The zero-order chi connectivity index (χ0) is 13.5. The Morgan fingerprint density at radius 2 is 2.22 bits per heavy atom. The number of hydrogen-bond acceptors (Lipinski definition) is 7. The van der Waals surface area contributed by atoms with E-state index in [1.165, 1.54) is 19.2 Å². The largest absolute Gasteiger partial charge is 0.389 e. The molecule has 1 aromatic heterocycles. The van der Waals surface area contributed by atoms with Crippen LogP contribution in [-0.4, -0.2) is 48.4 Å². The molecule has 0 saturated carbocycles. The van der Waals surface area contributed by atoms with Gasteiger partial charge in [0.1, 0.15) is 11.6 Å². The first-order chi connectivity index (χ1) is 8.56. The number of nitro groups is 1. The maximum absolute atomic E-state index is 10.7. The summed E-state index contributed by atoms with van der Waals surface area (Å²) in [6, 6.07) is 2.64. The molecule has 0 amide bonds. The average Bonchev–Trinajstić information content (AvgIpc) is 2.36. The van der Waals surface area contributed by atoms with Gasteiger partial charge in [-0.05, 0) is 0 Å². The van der Waals surface area contributed by atoms with Crippen molar-refractivity contribution in [1.82, 2.24) is 4.98 Å². The van der Waals surface area contributed by atoms with Crippen molar-refractivity contribution in [2.45, 2.75) is 6.10 Å². The van der Waals surface area contributed by atoms with Gasteiger partial charge >= 0.3 is 0 Å². The normalized spacial score (nSPS) is 11.9. The predicted octanol–water partition coefficient (Wildman–Crippen LogP) is 0.451. The van der Waals surface area contributed by atoms with Gasteiger partial charge in [0.05, 0.1) is 29.8 Å². The number of hydrogen-bond donors (Lipinski definition) is 3. The summed E-state index contributed by atoms with van der Waals surface area (Å²) in [5, 5.41) is 25.7. The molecule has 3 N–H and O–H groups in total. The highest BCUT2D eigenvalue weighted by Crippen LogP contribution is 2.20. The van der Waals surface area contributed by atoms with E-state index in [-0.39, 0.29) is 18.8 Å². The molecule has 0 saturated heterocycles. The van der Waals surface area contributed by atoms with Crippen molar-refractivity contribution in [2.24, 2.45) is 0 Å². The number of nitrogens with zero attached hydrogens (tertiary/aromatic N) is 2. The summed E-state index contributed by atoms with van der Waals surface area (Å²) in [6.45, 7) is 0.381. The molecule has 0 radical (unpaired) electrons. The molecule has 8 nitrogen and oxygen atoms in total. The molecule has 0 bridgehead atoms. The Hall–Kier alpha value is -1.93. The lowest BCUT2D eigenvalue weighted by Gasteiger charge is -2.11. The maximum Gasteiger partial charge on any atom is 0.276 e. The van der Waals surface area contributed by atoms with Crippen LogP contribution in [0, 0.1) is 10.1 Å². The Labute approximate surface area is 104 Å². The number of nitrogens with one attached hydrogen (secondary N) is 2. The molecule has 1 unspecified atom stereocenters. The van der Waals surface area contributed by atoms with Gasteiger partial charge in [-0.2, -0.15) is 0 Å². The molecule has 1 rings (SSSR count). The van der Waals surface area contributed by atoms with E-state index >= 15 is 0 Å². The lowest BCUT2D eigenvalue weighted by molar-refractivity contribution is -0.384. The van der Waals surface area contributed by atoms with Gasteiger partial charge in [0.25, 0.3) is 5.69 Å². The predicted molar refractivity (Wildman–Crippen MR) is 66.8 cm³/mol. The quantitative estimate of drug-likeness (QED) is 0.480. The van der Waals surface area contributed by atoms with Crippen molar-refractivity contribution >= 4 is 17.3 Å². The number of aliphatic hydroxyl groups is 1. The third-order valence-electron chi connectivity index (χ3n) is 2.15. The number of pyridine rings is 1.